The maximum Gasteiger partial charge on any atom is 0.417 e. The highest BCUT2D eigenvalue weighted by atomic mass is 28.4. The summed E-state index contributed by atoms with van der Waals surface area (Å²) in [7, 11) is -2.41. The molecule has 0 fully saturated rings. The van der Waals surface area contributed by atoms with Crippen molar-refractivity contribution in [1.29, 1.82) is 10.5 Å². The van der Waals surface area contributed by atoms with E-state index in [2.05, 4.69) is 16.2 Å². The second kappa shape index (κ2) is 11.7. The zero-order chi connectivity index (χ0) is 28.9. The van der Waals surface area contributed by atoms with E-state index in [9.17, 15) is 22.8 Å². The molecule has 0 heterocycles. The maximum atomic E-state index is 13.5. The van der Waals surface area contributed by atoms with Gasteiger partial charge in [0.2, 0.25) is 0 Å². The Morgan fingerprint density at radius 2 is 1.58 bits per heavy atom. The molecule has 0 unspecified atom stereocenters. The van der Waals surface area contributed by atoms with Gasteiger partial charge in [-0.05, 0) is 67.5 Å². The summed E-state index contributed by atoms with van der Waals surface area (Å²) in [6.45, 7) is 11.6. The van der Waals surface area contributed by atoms with E-state index in [-0.39, 0.29) is 16.3 Å². The highest BCUT2D eigenvalue weighted by Gasteiger charge is 2.41. The van der Waals surface area contributed by atoms with Crippen LogP contribution >= 0.6 is 0 Å². The number of hydrogen-bond acceptors (Lipinski definition) is 6. The average molecular weight is 546 g/mol. The molecule has 2 aromatic rings. The molecule has 0 spiro atoms. The van der Waals surface area contributed by atoms with Gasteiger partial charge in [-0.1, -0.05) is 20.8 Å². The van der Waals surface area contributed by atoms with Crippen LogP contribution in [-0.2, 0) is 15.4 Å². The van der Waals surface area contributed by atoms with Crippen LogP contribution in [-0.4, -0.2) is 32.3 Å². The standard InChI is InChI=1S/C26H30F3N5O3Si/c1-16(37-38(5,6)25(2,3)4)22(32-20-12-11-19(15-31)21(13-20)26(27,28)29)24(36)34-33-23(35)18-9-7-17(14-30)8-10-18/h7-13,16,22,32H,1-6H3,(H,33,35)(H,34,36)/t16-,22-/m1/s1. The van der Waals surface area contributed by atoms with Gasteiger partial charge in [0.25, 0.3) is 11.8 Å². The lowest BCUT2D eigenvalue weighted by atomic mass is 10.1. The zero-order valence-electron chi connectivity index (χ0n) is 21.9. The zero-order valence-corrected chi connectivity index (χ0v) is 22.9. The van der Waals surface area contributed by atoms with Gasteiger partial charge in [0, 0.05) is 11.3 Å². The molecule has 0 aliphatic carbocycles. The van der Waals surface area contributed by atoms with Crippen LogP contribution < -0.4 is 16.2 Å². The van der Waals surface area contributed by atoms with Crippen molar-refractivity contribution in [2.45, 2.75) is 64.1 Å². The summed E-state index contributed by atoms with van der Waals surface area (Å²) in [5.41, 5.74) is 3.36. The Morgan fingerprint density at radius 3 is 2.08 bits per heavy atom. The molecular formula is C26H30F3N5O3Si. The van der Waals surface area contributed by atoms with E-state index in [0.29, 0.717) is 5.56 Å². The third-order valence-corrected chi connectivity index (χ3v) is 11.0. The minimum Gasteiger partial charge on any atom is -0.412 e. The Labute approximate surface area is 220 Å². The number of nitrogens with one attached hydrogen (secondary N) is 3. The summed E-state index contributed by atoms with van der Waals surface area (Å²) in [6, 6.07) is 11.0. The molecule has 38 heavy (non-hydrogen) atoms. The Morgan fingerprint density at radius 1 is 0.974 bits per heavy atom. The minimum absolute atomic E-state index is 0.0550. The number of nitrogens with zero attached hydrogens (tertiary/aromatic N) is 2. The molecule has 2 amide bonds. The van der Waals surface area contributed by atoms with E-state index in [1.165, 1.54) is 36.4 Å². The third kappa shape index (κ3) is 7.57. The molecule has 12 heteroatoms. The number of carbonyl (C=O) groups is 2. The molecule has 2 atom stereocenters. The monoisotopic (exact) mass is 545 g/mol. The second-order valence-corrected chi connectivity index (χ2v) is 15.0. The van der Waals surface area contributed by atoms with E-state index >= 15 is 0 Å². The summed E-state index contributed by atoms with van der Waals surface area (Å²) in [5.74, 6) is -1.41. The Bertz CT molecular complexity index is 1260. The molecule has 0 aromatic heterocycles. The predicted molar refractivity (Wildman–Crippen MR) is 138 cm³/mol. The first-order valence-corrected chi connectivity index (χ1v) is 14.6. The number of hydrazine groups is 1. The van der Waals surface area contributed by atoms with Crippen molar-refractivity contribution in [3.05, 3.63) is 64.7 Å². The Balaban J connectivity index is 2.33. The molecule has 8 nitrogen and oxygen atoms in total. The van der Waals surface area contributed by atoms with Crippen molar-refractivity contribution in [3.63, 3.8) is 0 Å². The van der Waals surface area contributed by atoms with Gasteiger partial charge in [0.15, 0.2) is 8.32 Å². The van der Waals surface area contributed by atoms with Gasteiger partial charge in [-0.15, -0.1) is 0 Å². The van der Waals surface area contributed by atoms with Crippen LogP contribution in [0.4, 0.5) is 18.9 Å². The minimum atomic E-state index is -4.78. The van der Waals surface area contributed by atoms with Gasteiger partial charge in [0.05, 0.1) is 34.9 Å². The predicted octanol–water partition coefficient (Wildman–Crippen LogP) is 5.10. The lowest BCUT2D eigenvalue weighted by Gasteiger charge is -2.40. The first kappa shape index (κ1) is 30.4. The number of carbonyl (C=O) groups excluding carboxylic acids is 2. The summed E-state index contributed by atoms with van der Waals surface area (Å²) in [4.78, 5) is 25.7. The molecule has 2 rings (SSSR count). The van der Waals surface area contributed by atoms with Crippen LogP contribution in [0.1, 0.15) is 54.7 Å². The lowest BCUT2D eigenvalue weighted by molar-refractivity contribution is -0.137. The number of benzene rings is 2. The number of halogens is 3. The fourth-order valence-corrected chi connectivity index (χ4v) is 4.63. The van der Waals surface area contributed by atoms with Crippen LogP contribution in [0.25, 0.3) is 0 Å². The highest BCUT2D eigenvalue weighted by molar-refractivity contribution is 6.74. The number of hydrogen-bond donors (Lipinski definition) is 3. The normalized spacial score (nSPS) is 13.4. The van der Waals surface area contributed by atoms with Crippen molar-refractivity contribution in [2.75, 3.05) is 5.32 Å². The molecule has 2 aromatic carbocycles. The Kier molecular flexibility index (Phi) is 9.32. The van der Waals surface area contributed by atoms with Crippen LogP contribution in [0, 0.1) is 22.7 Å². The largest absolute Gasteiger partial charge is 0.417 e. The number of nitriles is 2. The number of anilines is 1. The fourth-order valence-electron chi connectivity index (χ4n) is 3.22. The maximum absolute atomic E-state index is 13.5. The number of alkyl halides is 3. The van der Waals surface area contributed by atoms with Gasteiger partial charge < -0.3 is 9.74 Å². The first-order valence-electron chi connectivity index (χ1n) is 11.7. The molecule has 0 aliphatic rings. The number of rotatable bonds is 7. The van der Waals surface area contributed by atoms with E-state index in [1.54, 1.807) is 6.92 Å². The first-order chi connectivity index (χ1) is 17.5. The van der Waals surface area contributed by atoms with Crippen molar-refractivity contribution in [2.24, 2.45) is 0 Å². The molecule has 0 radical (unpaired) electrons. The molecule has 0 bridgehead atoms. The molecular weight excluding hydrogens is 515 g/mol. The summed E-state index contributed by atoms with van der Waals surface area (Å²) >= 11 is 0. The van der Waals surface area contributed by atoms with E-state index < -0.39 is 49.6 Å². The van der Waals surface area contributed by atoms with Crippen LogP contribution in [0.3, 0.4) is 0 Å². The van der Waals surface area contributed by atoms with Gasteiger partial charge in [0.1, 0.15) is 6.04 Å². The van der Waals surface area contributed by atoms with E-state index in [1.807, 2.05) is 39.9 Å². The Hall–Kier alpha value is -3.87. The number of amides is 2. The van der Waals surface area contributed by atoms with Crippen LogP contribution in [0.2, 0.25) is 18.1 Å². The summed E-state index contributed by atoms with van der Waals surface area (Å²) < 4.78 is 46.8. The molecule has 0 saturated carbocycles. The van der Waals surface area contributed by atoms with Gasteiger partial charge in [-0.25, -0.2) is 0 Å². The van der Waals surface area contributed by atoms with Gasteiger partial charge in [-0.3, -0.25) is 20.4 Å². The van der Waals surface area contributed by atoms with Gasteiger partial charge >= 0.3 is 6.18 Å². The molecule has 0 saturated heterocycles. The van der Waals surface area contributed by atoms with E-state index in [4.69, 9.17) is 14.9 Å². The van der Waals surface area contributed by atoms with Crippen molar-refractivity contribution >= 4 is 25.8 Å². The summed E-state index contributed by atoms with van der Waals surface area (Å²) in [6.07, 6.45) is -5.59. The average Bonchev–Trinajstić information content (AvgIpc) is 2.83. The van der Waals surface area contributed by atoms with Crippen molar-refractivity contribution in [1.82, 2.24) is 10.9 Å². The van der Waals surface area contributed by atoms with Gasteiger partial charge in [-0.2, -0.15) is 23.7 Å². The van der Waals surface area contributed by atoms with E-state index in [0.717, 1.165) is 12.1 Å². The molecule has 3 N–H and O–H groups in total. The van der Waals surface area contributed by atoms with Crippen LogP contribution in [0.15, 0.2) is 42.5 Å². The second-order valence-electron chi connectivity index (χ2n) is 10.2. The van der Waals surface area contributed by atoms with Crippen molar-refractivity contribution < 1.29 is 27.2 Å². The molecule has 0 aliphatic heterocycles. The lowest BCUT2D eigenvalue weighted by Crippen LogP contribution is -2.55. The highest BCUT2D eigenvalue weighted by Crippen LogP contribution is 2.38. The quantitative estimate of drug-likeness (QED) is 0.328. The smallest absolute Gasteiger partial charge is 0.412 e. The van der Waals surface area contributed by atoms with Crippen LogP contribution in [0.5, 0.6) is 0 Å². The SMILES string of the molecule is C[C@@H](O[Si](C)(C)C(C)(C)C)[C@@H](Nc1ccc(C#N)c(C(F)(F)F)c1)C(=O)NNC(=O)c1ccc(C#N)cc1. The molecule has 202 valence electrons. The topological polar surface area (TPSA) is 127 Å². The third-order valence-electron chi connectivity index (χ3n) is 6.38. The van der Waals surface area contributed by atoms with Crippen molar-refractivity contribution in [3.8, 4) is 12.1 Å². The summed E-state index contributed by atoms with van der Waals surface area (Å²) in [5, 5.41) is 20.5. The fraction of sp³-hybridized carbons (Fsp3) is 0.385.